The number of thiophene rings is 4. The molecule has 0 amide bonds. The number of hydrogen-bond donors (Lipinski definition) is 0. The van der Waals surface area contributed by atoms with E-state index in [9.17, 15) is 0 Å². The van der Waals surface area contributed by atoms with Crippen LogP contribution in [0.5, 0.6) is 11.5 Å². The number of benzene rings is 2. The highest BCUT2D eigenvalue weighted by atomic mass is 32.1. The van der Waals surface area contributed by atoms with Gasteiger partial charge in [-0.3, -0.25) is 0 Å². The van der Waals surface area contributed by atoms with E-state index in [1.807, 2.05) is 0 Å². The highest BCUT2D eigenvalue weighted by molar-refractivity contribution is 7.25. The molecule has 0 N–H and O–H groups in total. The monoisotopic (exact) mass is 1250 g/mol. The smallest absolute Gasteiger partial charge is 0.172 e. The lowest BCUT2D eigenvalue weighted by Crippen LogP contribution is -2.06. The van der Waals surface area contributed by atoms with Crippen LogP contribution in [0.15, 0.2) is 49.1 Å². The molecule has 0 saturated carbocycles. The van der Waals surface area contributed by atoms with Crippen molar-refractivity contribution < 1.29 is 18.3 Å². The first-order valence-electron chi connectivity index (χ1n) is 32.4. The molecular formula is C70H94F2N4O2S6. The molecule has 0 aliphatic heterocycles. The predicted molar refractivity (Wildman–Crippen MR) is 365 cm³/mol. The number of aryl methyl sites for hydroxylation is 2. The molecule has 0 fully saturated rings. The van der Waals surface area contributed by atoms with Gasteiger partial charge >= 0.3 is 0 Å². The zero-order valence-electron chi connectivity index (χ0n) is 51.6. The van der Waals surface area contributed by atoms with Gasteiger partial charge in [-0.25, -0.2) is 8.78 Å². The second-order valence-electron chi connectivity index (χ2n) is 23.5. The molecule has 84 heavy (non-hydrogen) atoms. The molecule has 0 saturated heterocycles. The van der Waals surface area contributed by atoms with Gasteiger partial charge in [0.2, 0.25) is 0 Å². The van der Waals surface area contributed by atoms with Crippen LogP contribution in [-0.2, 0) is 12.8 Å². The molecule has 0 aliphatic carbocycles. The van der Waals surface area contributed by atoms with Crippen molar-refractivity contribution in [3.8, 4) is 63.0 Å². The zero-order chi connectivity index (χ0) is 59.2. The maximum Gasteiger partial charge on any atom is 0.172 e. The Morgan fingerprint density at radius 2 is 0.905 bits per heavy atom. The highest BCUT2D eigenvalue weighted by Crippen LogP contribution is 2.55. The predicted octanol–water partition coefficient (Wildman–Crippen LogP) is 25.1. The second kappa shape index (κ2) is 34.6. The molecule has 0 aliphatic rings. The van der Waals surface area contributed by atoms with Crippen molar-refractivity contribution in [3.05, 3.63) is 81.6 Å². The van der Waals surface area contributed by atoms with Crippen molar-refractivity contribution >= 4 is 90.9 Å². The van der Waals surface area contributed by atoms with Crippen LogP contribution >= 0.6 is 68.8 Å². The SMILES string of the molecule is C=CC(CCCCCCCC)Cc1cc(-c2c(F)c(F)c(-c3cc(CC(CC)CCCCCCCC)c(C)s3)c3nsnc23)sc1-c1ccc(-c2c(OCCCCCCCC)c(OCCCCCCCC)c(-c3ccc(C)s3)c3nsnc23)s1. The summed E-state index contributed by atoms with van der Waals surface area (Å²) < 4.78 is 68.6. The molecule has 6 aromatic heterocycles. The van der Waals surface area contributed by atoms with E-state index in [-0.39, 0.29) is 17.0 Å². The Kier molecular flexibility index (Phi) is 27.2. The van der Waals surface area contributed by atoms with Gasteiger partial charge < -0.3 is 9.47 Å². The standard InChI is InChI=1S/C70H94F2N4O2S6/c1-9-15-19-23-27-31-35-49(13-5)43-51-45-56(80-48(51)8)58-62(71)63(72)59(65-64(58)73-83-74-65)57-46-52(44-50(14-6)36-32-28-24-20-16-10-2)70(82-57)55-40-39-54(81-55)61-67-66(75-84-76-67)60(53-38-37-47(7)79-53)68(77-41-33-29-25-21-17-11-3)69(61)78-42-34-30-26-22-18-12-4/h14,37-40,45-46,49-50H,6,9-13,15-36,41-44H2,1-5,7-8H3. The van der Waals surface area contributed by atoms with Crippen molar-refractivity contribution in [2.24, 2.45) is 11.8 Å². The van der Waals surface area contributed by atoms with E-state index >= 15 is 8.78 Å². The number of hydrogen-bond acceptors (Lipinski definition) is 12. The van der Waals surface area contributed by atoms with Crippen molar-refractivity contribution in [2.75, 3.05) is 13.2 Å². The average molecular weight is 1250 g/mol. The zero-order valence-corrected chi connectivity index (χ0v) is 56.5. The van der Waals surface area contributed by atoms with Gasteiger partial charge in [0.1, 0.15) is 22.1 Å². The summed E-state index contributed by atoms with van der Waals surface area (Å²) in [6, 6.07) is 13.0. The van der Waals surface area contributed by atoms with Gasteiger partial charge in [-0.1, -0.05) is 195 Å². The lowest BCUT2D eigenvalue weighted by atomic mass is 9.91. The van der Waals surface area contributed by atoms with Gasteiger partial charge in [-0.05, 0) is 105 Å². The van der Waals surface area contributed by atoms with E-state index in [1.54, 1.807) is 34.0 Å². The Hall–Kier alpha value is -3.92. The topological polar surface area (TPSA) is 70.0 Å². The number of aromatic nitrogens is 4. The lowest BCUT2D eigenvalue weighted by molar-refractivity contribution is 0.260. The summed E-state index contributed by atoms with van der Waals surface area (Å²) in [5, 5.41) is 0. The van der Waals surface area contributed by atoms with Crippen LogP contribution in [0.25, 0.3) is 73.6 Å². The fraction of sp³-hybridized carbons (Fsp3) is 0.571. The van der Waals surface area contributed by atoms with E-state index in [2.05, 4.69) is 97.5 Å². The van der Waals surface area contributed by atoms with Crippen molar-refractivity contribution in [1.82, 2.24) is 17.5 Å². The summed E-state index contributed by atoms with van der Waals surface area (Å²) in [6.07, 6.45) is 35.9. The Labute approximate surface area is 527 Å². The molecular weight excluding hydrogens is 1160 g/mol. The molecule has 0 bridgehead atoms. The van der Waals surface area contributed by atoms with Gasteiger partial charge in [0.25, 0.3) is 0 Å². The van der Waals surface area contributed by atoms with Gasteiger partial charge in [0.15, 0.2) is 23.1 Å². The summed E-state index contributed by atoms with van der Waals surface area (Å²) in [7, 11) is 0. The number of unbranched alkanes of at least 4 members (excludes halogenated alkanes) is 20. The maximum absolute atomic E-state index is 17.5. The first kappa shape index (κ1) is 66.0. The van der Waals surface area contributed by atoms with E-state index in [1.165, 1.54) is 162 Å². The fourth-order valence-electron chi connectivity index (χ4n) is 11.9. The Morgan fingerprint density at radius 1 is 0.464 bits per heavy atom. The second-order valence-corrected chi connectivity index (χ2v) is 29.2. The molecule has 2 aromatic carbocycles. The third-order valence-electron chi connectivity index (χ3n) is 16.9. The van der Waals surface area contributed by atoms with Crippen LogP contribution in [0.1, 0.15) is 229 Å². The normalized spacial score (nSPS) is 12.6. The minimum atomic E-state index is -0.869. The minimum Gasteiger partial charge on any atom is -0.489 e. The summed E-state index contributed by atoms with van der Waals surface area (Å²) in [5.41, 5.74) is 7.04. The Balaban J connectivity index is 1.19. The van der Waals surface area contributed by atoms with Crippen LogP contribution in [-0.4, -0.2) is 30.7 Å². The molecule has 8 rings (SSSR count). The quantitative estimate of drug-likeness (QED) is 0.0281. The molecule has 0 spiro atoms. The van der Waals surface area contributed by atoms with Gasteiger partial charge in [-0.2, -0.15) is 17.5 Å². The van der Waals surface area contributed by atoms with Crippen molar-refractivity contribution in [2.45, 2.75) is 235 Å². The summed E-state index contributed by atoms with van der Waals surface area (Å²) in [6.45, 7) is 21.1. The number of allylic oxidation sites excluding steroid dienone is 1. The molecule has 2 atom stereocenters. The summed E-state index contributed by atoms with van der Waals surface area (Å²) in [4.78, 5) is 7.90. The third-order valence-corrected chi connectivity index (χ3v) is 22.5. The van der Waals surface area contributed by atoms with Crippen molar-refractivity contribution in [1.29, 1.82) is 0 Å². The van der Waals surface area contributed by atoms with Crippen LogP contribution in [0, 0.1) is 37.3 Å². The summed E-state index contributed by atoms with van der Waals surface area (Å²) in [5.74, 6) is 0.505. The van der Waals surface area contributed by atoms with E-state index in [0.717, 1.165) is 133 Å². The fourth-order valence-corrected chi connectivity index (χ4v) is 17.4. The minimum absolute atomic E-state index is 0.186. The molecule has 456 valence electrons. The Bertz CT molecular complexity index is 3270. The van der Waals surface area contributed by atoms with E-state index < -0.39 is 11.6 Å². The number of fused-ring (bicyclic) bond motifs is 2. The number of nitrogens with zero attached hydrogens (tertiary/aromatic N) is 4. The molecule has 0 radical (unpaired) electrons. The molecule has 14 heteroatoms. The molecule has 6 nitrogen and oxygen atoms in total. The van der Waals surface area contributed by atoms with Gasteiger partial charge in [-0.15, -0.1) is 51.9 Å². The van der Waals surface area contributed by atoms with Crippen LogP contribution < -0.4 is 9.47 Å². The molecule has 8 aromatic rings. The summed E-state index contributed by atoms with van der Waals surface area (Å²) >= 11 is 8.76. The highest BCUT2D eigenvalue weighted by Gasteiger charge is 2.32. The van der Waals surface area contributed by atoms with Crippen LogP contribution in [0.4, 0.5) is 8.78 Å². The first-order valence-corrected chi connectivity index (χ1v) is 37.1. The van der Waals surface area contributed by atoms with E-state index in [0.29, 0.717) is 39.9 Å². The molecule has 6 heterocycles. The first-order chi connectivity index (χ1) is 41.1. The average Bonchev–Trinajstić information content (AvgIpc) is 2.00. The Morgan fingerprint density at radius 3 is 1.40 bits per heavy atom. The van der Waals surface area contributed by atoms with E-state index in [4.69, 9.17) is 27.0 Å². The molecule has 2 unspecified atom stereocenters. The van der Waals surface area contributed by atoms with Crippen LogP contribution in [0.2, 0.25) is 0 Å². The number of ether oxygens (including phenoxy) is 2. The lowest BCUT2D eigenvalue weighted by Gasteiger charge is -2.20. The largest absolute Gasteiger partial charge is 0.489 e. The van der Waals surface area contributed by atoms with Gasteiger partial charge in [0, 0.05) is 39.0 Å². The van der Waals surface area contributed by atoms with Gasteiger partial charge in [0.05, 0.1) is 58.9 Å². The maximum atomic E-state index is 17.5. The number of halogens is 2. The van der Waals surface area contributed by atoms with Crippen LogP contribution in [0.3, 0.4) is 0 Å². The van der Waals surface area contributed by atoms with Crippen molar-refractivity contribution in [3.63, 3.8) is 0 Å². The number of rotatable bonds is 41. The third kappa shape index (κ3) is 17.2.